The molecular weight excluding hydrogens is 318 g/mol. The molecule has 2 rings (SSSR count). The molecule has 1 aromatic rings. The summed E-state index contributed by atoms with van der Waals surface area (Å²) in [6.45, 7) is 2.33. The fraction of sp³-hybridized carbons (Fsp3) is 0.467. The Balaban J connectivity index is 2.13. The third-order valence-corrected chi connectivity index (χ3v) is 5.35. The molecule has 3 N–H and O–H groups in total. The fourth-order valence-corrected chi connectivity index (χ4v) is 3.64. The first-order valence-electron chi connectivity index (χ1n) is 7.35. The lowest BCUT2D eigenvalue weighted by Gasteiger charge is -2.30. The van der Waals surface area contributed by atoms with E-state index in [0.29, 0.717) is 36.2 Å². The van der Waals surface area contributed by atoms with Gasteiger partial charge in [0.1, 0.15) is 0 Å². The highest BCUT2D eigenvalue weighted by molar-refractivity contribution is 7.88. The van der Waals surface area contributed by atoms with Gasteiger partial charge in [-0.05, 0) is 37.5 Å². The Morgan fingerprint density at radius 1 is 1.35 bits per heavy atom. The maximum absolute atomic E-state index is 12.4. The van der Waals surface area contributed by atoms with Crippen molar-refractivity contribution in [1.82, 2.24) is 4.31 Å². The van der Waals surface area contributed by atoms with Gasteiger partial charge in [-0.25, -0.2) is 12.7 Å². The van der Waals surface area contributed by atoms with Crippen molar-refractivity contribution in [3.63, 3.8) is 0 Å². The van der Waals surface area contributed by atoms with Crippen LogP contribution < -0.4 is 11.1 Å². The van der Waals surface area contributed by atoms with E-state index in [1.54, 1.807) is 25.1 Å². The summed E-state index contributed by atoms with van der Waals surface area (Å²) >= 11 is 0. The second kappa shape index (κ2) is 6.67. The molecular formula is C15H21N3O4S. The number of nitrogens with one attached hydrogen (secondary N) is 1. The van der Waals surface area contributed by atoms with Crippen molar-refractivity contribution in [2.24, 2.45) is 11.7 Å². The number of nitrogens with two attached hydrogens (primary N) is 1. The van der Waals surface area contributed by atoms with Crippen LogP contribution in [0.2, 0.25) is 0 Å². The number of primary amides is 1. The zero-order valence-corrected chi connectivity index (χ0v) is 14.0. The average Bonchev–Trinajstić information content (AvgIpc) is 2.48. The molecule has 1 unspecified atom stereocenters. The molecule has 126 valence electrons. The van der Waals surface area contributed by atoms with Gasteiger partial charge in [0.25, 0.3) is 0 Å². The van der Waals surface area contributed by atoms with Crippen molar-refractivity contribution in [2.45, 2.75) is 19.8 Å². The third kappa shape index (κ3) is 4.08. The molecule has 1 aliphatic heterocycles. The van der Waals surface area contributed by atoms with Crippen LogP contribution >= 0.6 is 0 Å². The summed E-state index contributed by atoms with van der Waals surface area (Å²) < 4.78 is 24.6. The summed E-state index contributed by atoms with van der Waals surface area (Å²) in [6, 6.07) is 4.93. The summed E-state index contributed by atoms with van der Waals surface area (Å²) in [5.41, 5.74) is 6.77. The van der Waals surface area contributed by atoms with Crippen LogP contribution in [-0.4, -0.2) is 43.9 Å². The molecule has 1 atom stereocenters. The van der Waals surface area contributed by atoms with Crippen molar-refractivity contribution >= 4 is 27.5 Å². The van der Waals surface area contributed by atoms with Crippen LogP contribution in [0.1, 0.15) is 28.8 Å². The van der Waals surface area contributed by atoms with E-state index in [4.69, 9.17) is 5.73 Å². The number of benzene rings is 1. The largest absolute Gasteiger partial charge is 0.366 e. The summed E-state index contributed by atoms with van der Waals surface area (Å²) in [7, 11) is -3.30. The van der Waals surface area contributed by atoms with E-state index in [2.05, 4.69) is 5.32 Å². The number of hydrogen-bond donors (Lipinski definition) is 2. The minimum Gasteiger partial charge on any atom is -0.366 e. The third-order valence-electron chi connectivity index (χ3n) is 4.08. The molecule has 1 saturated heterocycles. The minimum absolute atomic E-state index is 0.180. The first-order chi connectivity index (χ1) is 10.7. The second-order valence-corrected chi connectivity index (χ2v) is 7.77. The van der Waals surface area contributed by atoms with Gasteiger partial charge >= 0.3 is 0 Å². The van der Waals surface area contributed by atoms with Crippen molar-refractivity contribution in [2.75, 3.05) is 24.7 Å². The molecule has 0 spiro atoms. The molecule has 1 heterocycles. The van der Waals surface area contributed by atoms with Gasteiger partial charge in [0.2, 0.25) is 21.8 Å². The normalized spacial score (nSPS) is 19.3. The Morgan fingerprint density at radius 2 is 2.04 bits per heavy atom. The average molecular weight is 339 g/mol. The molecule has 0 aliphatic carbocycles. The van der Waals surface area contributed by atoms with E-state index in [-0.39, 0.29) is 12.5 Å². The monoisotopic (exact) mass is 339 g/mol. The maximum Gasteiger partial charge on any atom is 0.249 e. The number of rotatable bonds is 4. The van der Waals surface area contributed by atoms with Crippen LogP contribution in [-0.2, 0) is 14.8 Å². The van der Waals surface area contributed by atoms with Gasteiger partial charge in [-0.2, -0.15) is 0 Å². The Hall–Kier alpha value is -1.93. The SMILES string of the molecule is Cc1c(NC(=O)C2CCCN(S(C)(=O)=O)C2)cccc1C(N)=O. The van der Waals surface area contributed by atoms with E-state index in [1.807, 2.05) is 0 Å². The van der Waals surface area contributed by atoms with E-state index >= 15 is 0 Å². The lowest BCUT2D eigenvalue weighted by molar-refractivity contribution is -0.120. The number of piperidine rings is 1. The molecule has 1 fully saturated rings. The smallest absolute Gasteiger partial charge is 0.249 e. The molecule has 2 amide bonds. The van der Waals surface area contributed by atoms with Gasteiger partial charge in [0, 0.05) is 24.3 Å². The predicted octanol–water partition coefficient (Wildman–Crippen LogP) is 0.704. The predicted molar refractivity (Wildman–Crippen MR) is 87.5 cm³/mol. The molecule has 1 aromatic carbocycles. The molecule has 0 bridgehead atoms. The van der Waals surface area contributed by atoms with E-state index in [0.717, 1.165) is 6.26 Å². The second-order valence-electron chi connectivity index (χ2n) is 5.79. The lowest BCUT2D eigenvalue weighted by Crippen LogP contribution is -2.43. The molecule has 0 radical (unpaired) electrons. The highest BCUT2D eigenvalue weighted by Crippen LogP contribution is 2.23. The Labute approximate surface area is 135 Å². The molecule has 0 saturated carbocycles. The first-order valence-corrected chi connectivity index (χ1v) is 9.20. The van der Waals surface area contributed by atoms with Crippen LogP contribution in [0.5, 0.6) is 0 Å². The Bertz CT molecular complexity index is 730. The zero-order valence-electron chi connectivity index (χ0n) is 13.2. The summed E-state index contributed by atoms with van der Waals surface area (Å²) in [6.07, 6.45) is 2.42. The van der Waals surface area contributed by atoms with Gasteiger partial charge < -0.3 is 11.1 Å². The standard InChI is InChI=1S/C15H21N3O4S/c1-10-12(14(16)19)6-3-7-13(10)17-15(20)11-5-4-8-18(9-11)23(2,21)22/h3,6-7,11H,4-5,8-9H2,1-2H3,(H2,16,19)(H,17,20). The number of carbonyl (C=O) groups is 2. The Morgan fingerprint density at radius 3 is 2.65 bits per heavy atom. The van der Waals surface area contributed by atoms with Crippen molar-refractivity contribution < 1.29 is 18.0 Å². The topological polar surface area (TPSA) is 110 Å². The van der Waals surface area contributed by atoms with Crippen LogP contribution in [0.25, 0.3) is 0 Å². The van der Waals surface area contributed by atoms with Crippen LogP contribution in [0.15, 0.2) is 18.2 Å². The van der Waals surface area contributed by atoms with Gasteiger partial charge in [0.05, 0.1) is 12.2 Å². The van der Waals surface area contributed by atoms with Crippen molar-refractivity contribution in [3.05, 3.63) is 29.3 Å². The number of hydrogen-bond acceptors (Lipinski definition) is 4. The molecule has 0 aromatic heterocycles. The van der Waals surface area contributed by atoms with E-state index in [9.17, 15) is 18.0 Å². The highest BCUT2D eigenvalue weighted by atomic mass is 32.2. The summed E-state index contributed by atoms with van der Waals surface area (Å²) in [4.78, 5) is 23.8. The van der Waals surface area contributed by atoms with Crippen LogP contribution in [0.4, 0.5) is 5.69 Å². The quantitative estimate of drug-likeness (QED) is 0.841. The highest BCUT2D eigenvalue weighted by Gasteiger charge is 2.30. The zero-order chi connectivity index (χ0) is 17.2. The number of anilines is 1. The first kappa shape index (κ1) is 17.4. The lowest BCUT2D eigenvalue weighted by atomic mass is 9.98. The van der Waals surface area contributed by atoms with Crippen LogP contribution in [0, 0.1) is 12.8 Å². The van der Waals surface area contributed by atoms with Crippen LogP contribution in [0.3, 0.4) is 0 Å². The van der Waals surface area contributed by atoms with Gasteiger partial charge in [-0.15, -0.1) is 0 Å². The van der Waals surface area contributed by atoms with Crippen molar-refractivity contribution in [3.8, 4) is 0 Å². The van der Waals surface area contributed by atoms with Gasteiger partial charge in [-0.3, -0.25) is 9.59 Å². The minimum atomic E-state index is -3.30. The van der Waals surface area contributed by atoms with Gasteiger partial charge in [0.15, 0.2) is 0 Å². The fourth-order valence-electron chi connectivity index (χ4n) is 2.73. The van der Waals surface area contributed by atoms with E-state index < -0.39 is 21.8 Å². The summed E-state index contributed by atoms with van der Waals surface area (Å²) in [5.74, 6) is -1.21. The van der Waals surface area contributed by atoms with Crippen molar-refractivity contribution in [1.29, 1.82) is 0 Å². The summed E-state index contributed by atoms with van der Waals surface area (Å²) in [5, 5.41) is 2.78. The maximum atomic E-state index is 12.4. The molecule has 8 heteroatoms. The molecule has 1 aliphatic rings. The van der Waals surface area contributed by atoms with Gasteiger partial charge in [-0.1, -0.05) is 6.07 Å². The molecule has 23 heavy (non-hydrogen) atoms. The number of sulfonamides is 1. The number of amides is 2. The Kier molecular flexibility index (Phi) is 5.06. The number of carbonyl (C=O) groups excluding carboxylic acids is 2. The van der Waals surface area contributed by atoms with E-state index in [1.165, 1.54) is 4.31 Å². The number of nitrogens with zero attached hydrogens (tertiary/aromatic N) is 1. The molecule has 7 nitrogen and oxygen atoms in total.